The van der Waals surface area contributed by atoms with Crippen molar-refractivity contribution in [2.75, 3.05) is 13.4 Å². The van der Waals surface area contributed by atoms with E-state index in [1.54, 1.807) is 24.3 Å². The van der Waals surface area contributed by atoms with Crippen LogP contribution in [0.3, 0.4) is 0 Å². The first-order valence-corrected chi connectivity index (χ1v) is 6.30. The van der Waals surface area contributed by atoms with Crippen LogP contribution in [0.25, 0.3) is 0 Å². The third kappa shape index (κ3) is 2.17. The molecule has 5 heteroatoms. The van der Waals surface area contributed by atoms with E-state index < -0.39 is 0 Å². The molecule has 0 unspecified atom stereocenters. The van der Waals surface area contributed by atoms with Crippen LogP contribution in [0.1, 0.15) is 9.67 Å². The molecule has 0 aliphatic carbocycles. The van der Waals surface area contributed by atoms with E-state index >= 15 is 0 Å². The van der Waals surface area contributed by atoms with Crippen LogP contribution in [0, 0.1) is 0 Å². The number of fused-ring (bicyclic) bond motifs is 1. The molecule has 0 amide bonds. The van der Waals surface area contributed by atoms with Gasteiger partial charge in [0.1, 0.15) is 5.75 Å². The number of hydrogen-bond donors (Lipinski definition) is 0. The summed E-state index contributed by atoms with van der Waals surface area (Å²) in [7, 11) is 0. The minimum atomic E-state index is -0.0253. The lowest BCUT2D eigenvalue weighted by Gasteiger charge is -2.05. The number of hydrogen-bond acceptors (Lipinski definition) is 5. The van der Waals surface area contributed by atoms with Crippen LogP contribution >= 0.6 is 11.3 Å². The van der Waals surface area contributed by atoms with E-state index in [2.05, 4.69) is 0 Å². The maximum atomic E-state index is 11.7. The van der Waals surface area contributed by atoms with E-state index in [1.807, 2.05) is 11.4 Å². The maximum Gasteiger partial charge on any atom is 0.231 e. The first-order chi connectivity index (χ1) is 8.83. The smallest absolute Gasteiger partial charge is 0.231 e. The van der Waals surface area contributed by atoms with Crippen molar-refractivity contribution in [3.05, 3.63) is 40.6 Å². The van der Waals surface area contributed by atoms with E-state index in [-0.39, 0.29) is 19.2 Å². The molecule has 3 rings (SSSR count). The fourth-order valence-electron chi connectivity index (χ4n) is 1.62. The molecular weight excluding hydrogens is 252 g/mol. The van der Waals surface area contributed by atoms with Gasteiger partial charge in [0, 0.05) is 6.07 Å². The molecule has 2 aromatic rings. The van der Waals surface area contributed by atoms with Gasteiger partial charge in [0.25, 0.3) is 0 Å². The monoisotopic (exact) mass is 262 g/mol. The fraction of sp³-hybridized carbons (Fsp3) is 0.154. The number of ether oxygens (including phenoxy) is 3. The van der Waals surface area contributed by atoms with E-state index in [0.717, 1.165) is 0 Å². The highest BCUT2D eigenvalue weighted by atomic mass is 32.1. The van der Waals surface area contributed by atoms with Gasteiger partial charge in [-0.2, -0.15) is 0 Å². The van der Waals surface area contributed by atoms with Crippen molar-refractivity contribution in [3.8, 4) is 17.2 Å². The number of benzene rings is 1. The Kier molecular flexibility index (Phi) is 2.90. The molecule has 0 N–H and O–H groups in total. The lowest BCUT2D eigenvalue weighted by molar-refractivity contribution is 0.0925. The normalized spacial score (nSPS) is 12.4. The third-order valence-corrected chi connectivity index (χ3v) is 3.42. The minimum Gasteiger partial charge on any atom is -0.485 e. The number of carbonyl (C=O) groups excluding carboxylic acids is 1. The molecule has 2 heterocycles. The van der Waals surface area contributed by atoms with Crippen molar-refractivity contribution in [3.63, 3.8) is 0 Å². The second kappa shape index (κ2) is 4.70. The summed E-state index contributed by atoms with van der Waals surface area (Å²) < 4.78 is 15.9. The molecule has 92 valence electrons. The molecule has 0 fully saturated rings. The summed E-state index contributed by atoms with van der Waals surface area (Å²) in [6.07, 6.45) is 0. The van der Waals surface area contributed by atoms with Gasteiger partial charge in [-0.05, 0) is 23.6 Å². The molecule has 1 aliphatic heterocycles. The zero-order valence-corrected chi connectivity index (χ0v) is 10.2. The van der Waals surface area contributed by atoms with E-state index in [4.69, 9.17) is 14.2 Å². The van der Waals surface area contributed by atoms with Gasteiger partial charge in [-0.15, -0.1) is 11.3 Å². The number of carbonyl (C=O) groups is 1. The molecule has 1 aromatic carbocycles. The summed E-state index contributed by atoms with van der Waals surface area (Å²) in [5.41, 5.74) is 0. The largest absolute Gasteiger partial charge is 0.485 e. The second-order valence-electron chi connectivity index (χ2n) is 3.70. The molecule has 18 heavy (non-hydrogen) atoms. The molecule has 1 aromatic heterocycles. The summed E-state index contributed by atoms with van der Waals surface area (Å²) in [6, 6.07) is 8.89. The highest BCUT2D eigenvalue weighted by molar-refractivity contribution is 7.12. The lowest BCUT2D eigenvalue weighted by atomic mass is 10.3. The van der Waals surface area contributed by atoms with Crippen LogP contribution in [0.5, 0.6) is 17.2 Å². The zero-order valence-electron chi connectivity index (χ0n) is 9.42. The highest BCUT2D eigenvalue weighted by Gasteiger charge is 2.14. The summed E-state index contributed by atoms with van der Waals surface area (Å²) in [5, 5.41) is 1.87. The molecule has 1 aliphatic rings. The van der Waals surface area contributed by atoms with Crippen molar-refractivity contribution in [2.24, 2.45) is 0 Å². The number of ketones is 1. The summed E-state index contributed by atoms with van der Waals surface area (Å²) in [6.45, 7) is 0.257. The first kappa shape index (κ1) is 11.1. The Hall–Kier alpha value is -2.01. The van der Waals surface area contributed by atoms with Crippen LogP contribution < -0.4 is 14.2 Å². The molecule has 0 saturated carbocycles. The Morgan fingerprint density at radius 1 is 1.28 bits per heavy atom. The van der Waals surface area contributed by atoms with Gasteiger partial charge in [-0.3, -0.25) is 4.79 Å². The molecular formula is C13H10O4S. The third-order valence-electron chi connectivity index (χ3n) is 2.51. The summed E-state index contributed by atoms with van der Waals surface area (Å²) in [4.78, 5) is 12.4. The Morgan fingerprint density at radius 3 is 3.00 bits per heavy atom. The van der Waals surface area contributed by atoms with Gasteiger partial charge in [-0.1, -0.05) is 6.07 Å². The van der Waals surface area contributed by atoms with Crippen molar-refractivity contribution in [1.82, 2.24) is 0 Å². The summed E-state index contributed by atoms with van der Waals surface area (Å²) >= 11 is 1.41. The van der Waals surface area contributed by atoms with E-state index in [9.17, 15) is 4.79 Å². The van der Waals surface area contributed by atoms with Crippen molar-refractivity contribution < 1.29 is 19.0 Å². The Balaban J connectivity index is 1.65. The predicted octanol–water partition coefficient (Wildman–Crippen LogP) is 2.74. The van der Waals surface area contributed by atoms with Gasteiger partial charge < -0.3 is 14.2 Å². The van der Waals surface area contributed by atoms with Crippen LogP contribution in [-0.4, -0.2) is 19.2 Å². The zero-order chi connectivity index (χ0) is 12.4. The lowest BCUT2D eigenvalue weighted by Crippen LogP contribution is -2.09. The second-order valence-corrected chi connectivity index (χ2v) is 4.65. The van der Waals surface area contributed by atoms with E-state index in [1.165, 1.54) is 11.3 Å². The van der Waals surface area contributed by atoms with Crippen LogP contribution in [-0.2, 0) is 0 Å². The molecule has 0 radical (unpaired) electrons. The molecule has 0 spiro atoms. The highest BCUT2D eigenvalue weighted by Crippen LogP contribution is 2.35. The molecule has 0 saturated heterocycles. The summed E-state index contributed by atoms with van der Waals surface area (Å²) in [5.74, 6) is 1.93. The standard InChI is InChI=1S/C13H10O4S/c14-10(13-2-1-5-18-13)7-15-9-3-4-11-12(6-9)17-8-16-11/h1-6H,7-8H2. The quantitative estimate of drug-likeness (QED) is 0.795. The first-order valence-electron chi connectivity index (χ1n) is 5.42. The van der Waals surface area contributed by atoms with Gasteiger partial charge in [0.05, 0.1) is 4.88 Å². The number of Topliss-reactive ketones (excluding diaryl/α,β-unsaturated/α-hetero) is 1. The van der Waals surface area contributed by atoms with Crippen molar-refractivity contribution in [2.45, 2.75) is 0 Å². The number of rotatable bonds is 4. The van der Waals surface area contributed by atoms with Crippen molar-refractivity contribution >= 4 is 17.1 Å². The average Bonchev–Trinajstić information content (AvgIpc) is 3.05. The Morgan fingerprint density at radius 2 is 2.17 bits per heavy atom. The molecule has 0 bridgehead atoms. The van der Waals surface area contributed by atoms with E-state index in [0.29, 0.717) is 22.1 Å². The molecule has 4 nitrogen and oxygen atoms in total. The number of thiophene rings is 1. The SMILES string of the molecule is O=C(COc1ccc2c(c1)OCO2)c1cccs1. The topological polar surface area (TPSA) is 44.8 Å². The van der Waals surface area contributed by atoms with Gasteiger partial charge in [0.15, 0.2) is 18.1 Å². The van der Waals surface area contributed by atoms with Gasteiger partial charge in [-0.25, -0.2) is 0 Å². The molecule has 0 atom stereocenters. The Bertz CT molecular complexity index is 562. The minimum absolute atomic E-state index is 0.0253. The van der Waals surface area contributed by atoms with Gasteiger partial charge >= 0.3 is 0 Å². The Labute approximate surface area is 108 Å². The van der Waals surface area contributed by atoms with Crippen molar-refractivity contribution in [1.29, 1.82) is 0 Å². The van der Waals surface area contributed by atoms with Gasteiger partial charge in [0.2, 0.25) is 12.6 Å². The van der Waals surface area contributed by atoms with Crippen LogP contribution in [0.15, 0.2) is 35.7 Å². The van der Waals surface area contributed by atoms with Crippen LogP contribution in [0.4, 0.5) is 0 Å². The van der Waals surface area contributed by atoms with Crippen LogP contribution in [0.2, 0.25) is 0 Å². The predicted molar refractivity (Wildman–Crippen MR) is 66.7 cm³/mol. The average molecular weight is 262 g/mol. The maximum absolute atomic E-state index is 11.7. The fourth-order valence-corrected chi connectivity index (χ4v) is 2.28.